The van der Waals surface area contributed by atoms with E-state index in [0.29, 0.717) is 12.1 Å². The summed E-state index contributed by atoms with van der Waals surface area (Å²) in [6.07, 6.45) is 3.55. The molecule has 2 rings (SSSR count). The third kappa shape index (κ3) is 1.35. The Kier molecular flexibility index (Phi) is 2.29. The number of nitrogens with zero attached hydrogens (tertiary/aromatic N) is 1. The van der Waals surface area contributed by atoms with Crippen molar-refractivity contribution in [2.45, 2.75) is 43.9 Å². The van der Waals surface area contributed by atoms with E-state index in [2.05, 4.69) is 0 Å². The number of hydrogen-bond donors (Lipinski definition) is 1. The van der Waals surface area contributed by atoms with E-state index < -0.39 is 0 Å². The summed E-state index contributed by atoms with van der Waals surface area (Å²) >= 11 is 1.84. The SMILES string of the molecule is O=C(I)N1[C@@H]2CC[C@H]1CC(O)C2. The Balaban J connectivity index is 2.14. The van der Waals surface area contributed by atoms with Crippen LogP contribution in [0.5, 0.6) is 0 Å². The topological polar surface area (TPSA) is 40.5 Å². The summed E-state index contributed by atoms with van der Waals surface area (Å²) < 4.78 is 0.145. The first-order chi connectivity index (χ1) is 5.68. The van der Waals surface area contributed by atoms with Crippen molar-refractivity contribution < 1.29 is 9.90 Å². The van der Waals surface area contributed by atoms with Crippen LogP contribution in [0.25, 0.3) is 0 Å². The van der Waals surface area contributed by atoms with Crippen LogP contribution < -0.4 is 0 Å². The number of carbonyl (C=O) groups is 1. The van der Waals surface area contributed by atoms with Gasteiger partial charge in [-0.2, -0.15) is 0 Å². The van der Waals surface area contributed by atoms with E-state index in [1.807, 2.05) is 27.5 Å². The van der Waals surface area contributed by atoms with Crippen LogP contribution in [0.4, 0.5) is 4.79 Å². The molecular weight excluding hydrogens is 269 g/mol. The quantitative estimate of drug-likeness (QED) is 0.415. The summed E-state index contributed by atoms with van der Waals surface area (Å²) in [5.41, 5.74) is 0. The zero-order valence-corrected chi connectivity index (χ0v) is 8.90. The zero-order valence-electron chi connectivity index (χ0n) is 6.74. The molecule has 0 saturated carbocycles. The normalized spacial score (nSPS) is 40.2. The van der Waals surface area contributed by atoms with Crippen molar-refractivity contribution in [2.75, 3.05) is 0 Å². The molecule has 2 bridgehead atoms. The van der Waals surface area contributed by atoms with Crippen LogP contribution in [0.1, 0.15) is 25.7 Å². The van der Waals surface area contributed by atoms with Crippen molar-refractivity contribution in [1.82, 2.24) is 4.90 Å². The maximum Gasteiger partial charge on any atom is 0.283 e. The fourth-order valence-corrected chi connectivity index (χ4v) is 3.22. The van der Waals surface area contributed by atoms with E-state index in [1.165, 1.54) is 0 Å². The Bertz CT molecular complexity index is 195. The van der Waals surface area contributed by atoms with E-state index in [4.69, 9.17) is 0 Å². The van der Waals surface area contributed by atoms with Gasteiger partial charge in [0.1, 0.15) is 0 Å². The molecule has 3 nitrogen and oxygen atoms in total. The second-order valence-electron chi connectivity index (χ2n) is 3.67. The van der Waals surface area contributed by atoms with Gasteiger partial charge >= 0.3 is 0 Å². The van der Waals surface area contributed by atoms with Crippen molar-refractivity contribution in [3.63, 3.8) is 0 Å². The molecule has 0 aromatic carbocycles. The monoisotopic (exact) mass is 281 g/mol. The zero-order chi connectivity index (χ0) is 8.72. The predicted octanol–water partition coefficient (Wildman–Crippen LogP) is 1.53. The van der Waals surface area contributed by atoms with Gasteiger partial charge < -0.3 is 10.0 Å². The fourth-order valence-electron chi connectivity index (χ4n) is 2.44. The summed E-state index contributed by atoms with van der Waals surface area (Å²) in [7, 11) is 0. The molecule has 2 aliphatic heterocycles. The molecule has 1 amide bonds. The average molecular weight is 281 g/mol. The summed E-state index contributed by atoms with van der Waals surface area (Å²) in [6, 6.07) is 0.645. The molecule has 0 spiro atoms. The van der Waals surface area contributed by atoms with Gasteiger partial charge in [0, 0.05) is 34.7 Å². The molecule has 0 radical (unpaired) electrons. The molecule has 2 fully saturated rings. The molecule has 1 N–H and O–H groups in total. The summed E-state index contributed by atoms with van der Waals surface area (Å²) in [5.74, 6) is 0. The minimum atomic E-state index is -0.172. The van der Waals surface area contributed by atoms with E-state index >= 15 is 0 Å². The Morgan fingerprint density at radius 2 is 1.83 bits per heavy atom. The number of carbonyl (C=O) groups excluding carboxylic acids is 1. The van der Waals surface area contributed by atoms with Crippen LogP contribution in [-0.2, 0) is 0 Å². The van der Waals surface area contributed by atoms with E-state index in [1.54, 1.807) is 0 Å². The molecule has 2 aliphatic rings. The first kappa shape index (κ1) is 8.74. The third-order valence-corrected chi connectivity index (χ3v) is 3.47. The second-order valence-corrected chi connectivity index (χ2v) is 4.59. The van der Waals surface area contributed by atoms with E-state index in [-0.39, 0.29) is 10.0 Å². The number of fused-ring (bicyclic) bond motifs is 2. The standard InChI is InChI=1S/C8H12INO2/c9-8(12)10-5-1-2-6(10)4-7(11)3-5/h5-7,11H,1-4H2/t5-,6+,7?. The van der Waals surface area contributed by atoms with Gasteiger partial charge in [0.25, 0.3) is 3.91 Å². The summed E-state index contributed by atoms with van der Waals surface area (Å²) in [4.78, 5) is 13.1. The Hall–Kier alpha value is 0.160. The molecule has 2 saturated heterocycles. The van der Waals surface area contributed by atoms with Gasteiger partial charge in [-0.3, -0.25) is 4.79 Å². The highest BCUT2D eigenvalue weighted by Crippen LogP contribution is 2.36. The van der Waals surface area contributed by atoms with Crippen molar-refractivity contribution in [3.05, 3.63) is 0 Å². The number of piperidine rings is 1. The molecule has 0 aliphatic carbocycles. The van der Waals surface area contributed by atoms with Crippen LogP contribution in [0.2, 0.25) is 0 Å². The molecule has 12 heavy (non-hydrogen) atoms. The lowest BCUT2D eigenvalue weighted by molar-refractivity contribution is 0.0621. The molecule has 3 atom stereocenters. The largest absolute Gasteiger partial charge is 0.393 e. The first-order valence-corrected chi connectivity index (χ1v) is 5.42. The van der Waals surface area contributed by atoms with Crippen molar-refractivity contribution >= 4 is 26.5 Å². The predicted molar refractivity (Wildman–Crippen MR) is 53.3 cm³/mol. The summed E-state index contributed by atoms with van der Waals surface area (Å²) in [5, 5.41) is 9.45. The van der Waals surface area contributed by atoms with Gasteiger partial charge in [-0.15, -0.1) is 0 Å². The highest BCUT2D eigenvalue weighted by atomic mass is 127. The highest BCUT2D eigenvalue weighted by Gasteiger charge is 2.41. The molecular formula is C8H12INO2. The minimum absolute atomic E-state index is 0.145. The Morgan fingerprint density at radius 3 is 2.25 bits per heavy atom. The number of hydrogen-bond acceptors (Lipinski definition) is 2. The van der Waals surface area contributed by atoms with Gasteiger partial charge in [0.15, 0.2) is 0 Å². The number of aliphatic hydroxyl groups is 1. The van der Waals surface area contributed by atoms with Crippen molar-refractivity contribution in [1.29, 1.82) is 0 Å². The lowest BCUT2D eigenvalue weighted by Crippen LogP contribution is -2.45. The van der Waals surface area contributed by atoms with Crippen LogP contribution in [0.15, 0.2) is 0 Å². The second kappa shape index (κ2) is 3.14. The number of halogens is 1. The molecule has 0 aromatic heterocycles. The highest BCUT2D eigenvalue weighted by molar-refractivity contribution is 14.1. The summed E-state index contributed by atoms with van der Waals surface area (Å²) in [6.45, 7) is 0. The van der Waals surface area contributed by atoms with E-state index in [9.17, 15) is 9.90 Å². The smallest absolute Gasteiger partial charge is 0.283 e. The molecule has 2 heterocycles. The van der Waals surface area contributed by atoms with Crippen molar-refractivity contribution in [2.24, 2.45) is 0 Å². The first-order valence-electron chi connectivity index (χ1n) is 4.34. The Morgan fingerprint density at radius 1 is 1.33 bits per heavy atom. The van der Waals surface area contributed by atoms with Gasteiger partial charge in [0.2, 0.25) is 0 Å². The van der Waals surface area contributed by atoms with E-state index in [0.717, 1.165) is 25.7 Å². The molecule has 1 unspecified atom stereocenters. The Labute approximate surface area is 85.3 Å². The van der Waals surface area contributed by atoms with Gasteiger partial charge in [-0.1, -0.05) is 0 Å². The van der Waals surface area contributed by atoms with Gasteiger partial charge in [-0.05, 0) is 25.7 Å². The average Bonchev–Trinajstić information content (AvgIpc) is 2.24. The molecule has 4 heteroatoms. The maximum absolute atomic E-state index is 11.2. The number of aliphatic hydroxyl groups excluding tert-OH is 1. The third-order valence-electron chi connectivity index (χ3n) is 2.91. The minimum Gasteiger partial charge on any atom is -0.393 e. The maximum atomic E-state index is 11.2. The van der Waals surface area contributed by atoms with Gasteiger partial charge in [0.05, 0.1) is 6.10 Å². The van der Waals surface area contributed by atoms with Gasteiger partial charge in [-0.25, -0.2) is 0 Å². The molecule has 0 aromatic rings. The fraction of sp³-hybridized carbons (Fsp3) is 0.875. The lowest BCUT2D eigenvalue weighted by atomic mass is 10.0. The van der Waals surface area contributed by atoms with Crippen LogP contribution in [0, 0.1) is 0 Å². The number of rotatable bonds is 0. The number of amides is 1. The van der Waals surface area contributed by atoms with Crippen LogP contribution in [-0.4, -0.2) is 32.1 Å². The van der Waals surface area contributed by atoms with Crippen LogP contribution in [0.3, 0.4) is 0 Å². The van der Waals surface area contributed by atoms with Crippen molar-refractivity contribution in [3.8, 4) is 0 Å². The lowest BCUT2D eigenvalue weighted by Gasteiger charge is -2.35. The molecule has 68 valence electrons. The van der Waals surface area contributed by atoms with Crippen LogP contribution >= 0.6 is 22.6 Å².